The molecule has 11 heteroatoms. The molecule has 3 aromatic carbocycles. The van der Waals surface area contributed by atoms with Gasteiger partial charge >= 0.3 is 12.0 Å². The number of hydrogen-bond donors (Lipinski definition) is 4. The third kappa shape index (κ3) is 6.94. The summed E-state index contributed by atoms with van der Waals surface area (Å²) in [6.07, 6.45) is 3.08. The summed E-state index contributed by atoms with van der Waals surface area (Å²) in [7, 11) is -4.15. The zero-order chi connectivity index (χ0) is 27.1. The molecule has 4 rings (SSSR count). The molecular formula is C27H23ClN4O5S. The van der Waals surface area contributed by atoms with E-state index in [1.165, 1.54) is 18.2 Å². The number of sulfonamides is 1. The number of carboxylic acids is 1. The van der Waals surface area contributed by atoms with Crippen molar-refractivity contribution in [1.82, 2.24) is 9.71 Å². The first-order valence-electron chi connectivity index (χ1n) is 11.4. The number of aromatic nitrogens is 1. The monoisotopic (exact) mass is 550 g/mol. The minimum Gasteiger partial charge on any atom is -0.480 e. The standard InChI is InChI=1S/C27H23ClN4O5S/c28-23-6-1-2-7-25(23)38(36,37)32-24(26(33)34)16-18-8-10-19(11-9-18)20-4-3-5-22(17-20)31-27(35)30-21-12-14-29-15-13-21/h1-15,17,24,32H,16H2,(H,33,34)(H2,29,30,31,35)/t24-/m0/s1. The van der Waals surface area contributed by atoms with E-state index in [-0.39, 0.29) is 16.3 Å². The molecule has 4 aromatic rings. The summed E-state index contributed by atoms with van der Waals surface area (Å²) in [6, 6.07) is 21.7. The Morgan fingerprint density at radius 2 is 1.53 bits per heavy atom. The summed E-state index contributed by atoms with van der Waals surface area (Å²) in [5, 5.41) is 15.1. The third-order valence-corrected chi connectivity index (χ3v) is 7.48. The van der Waals surface area contributed by atoms with E-state index in [1.807, 2.05) is 6.07 Å². The number of carboxylic acid groups (broad SMARTS) is 1. The molecule has 0 bridgehead atoms. The predicted octanol–water partition coefficient (Wildman–Crippen LogP) is 5.02. The maximum absolute atomic E-state index is 12.7. The number of nitrogens with one attached hydrogen (secondary N) is 3. The smallest absolute Gasteiger partial charge is 0.323 e. The SMILES string of the molecule is O=C(Nc1ccncc1)Nc1cccc(-c2ccc(C[C@H](NS(=O)(=O)c3ccccc3Cl)C(=O)O)cc2)c1. The summed E-state index contributed by atoms with van der Waals surface area (Å²) < 4.78 is 27.6. The molecule has 0 spiro atoms. The van der Waals surface area contributed by atoms with E-state index in [0.717, 1.165) is 11.1 Å². The number of benzene rings is 3. The van der Waals surface area contributed by atoms with E-state index in [9.17, 15) is 23.1 Å². The van der Waals surface area contributed by atoms with Crippen LogP contribution in [0.25, 0.3) is 11.1 Å². The van der Waals surface area contributed by atoms with E-state index < -0.39 is 28.1 Å². The van der Waals surface area contributed by atoms with Gasteiger partial charge in [-0.25, -0.2) is 13.2 Å². The fourth-order valence-electron chi connectivity index (χ4n) is 3.67. The van der Waals surface area contributed by atoms with Gasteiger partial charge < -0.3 is 15.7 Å². The predicted molar refractivity (Wildman–Crippen MR) is 146 cm³/mol. The second-order valence-electron chi connectivity index (χ2n) is 8.24. The molecule has 0 aliphatic heterocycles. The van der Waals surface area contributed by atoms with Crippen molar-refractivity contribution in [2.24, 2.45) is 0 Å². The van der Waals surface area contributed by atoms with Gasteiger partial charge in [-0.05, 0) is 59.5 Å². The van der Waals surface area contributed by atoms with Gasteiger partial charge in [-0.1, -0.05) is 60.1 Å². The number of carbonyl (C=O) groups is 2. The van der Waals surface area contributed by atoms with Gasteiger partial charge in [-0.2, -0.15) is 4.72 Å². The lowest BCUT2D eigenvalue weighted by atomic mass is 10.0. The van der Waals surface area contributed by atoms with Gasteiger partial charge in [0.1, 0.15) is 10.9 Å². The van der Waals surface area contributed by atoms with Gasteiger partial charge in [0.2, 0.25) is 10.0 Å². The summed E-state index contributed by atoms with van der Waals surface area (Å²) >= 11 is 5.99. The molecule has 0 aliphatic carbocycles. The number of carbonyl (C=O) groups excluding carboxylic acids is 1. The summed E-state index contributed by atoms with van der Waals surface area (Å²) in [5.74, 6) is -1.31. The Bertz CT molecular complexity index is 1550. The summed E-state index contributed by atoms with van der Waals surface area (Å²) in [5.41, 5.74) is 3.47. The number of nitrogens with zero attached hydrogens (tertiary/aromatic N) is 1. The van der Waals surface area contributed by atoms with Gasteiger partial charge in [0.15, 0.2) is 0 Å². The minimum absolute atomic E-state index is 0.0000545. The maximum Gasteiger partial charge on any atom is 0.323 e. The Hall–Kier alpha value is -4.25. The fourth-order valence-corrected chi connectivity index (χ4v) is 5.38. The maximum atomic E-state index is 12.7. The Morgan fingerprint density at radius 3 is 2.21 bits per heavy atom. The largest absolute Gasteiger partial charge is 0.480 e. The number of anilines is 2. The van der Waals surface area contributed by atoms with Crippen LogP contribution in [0.1, 0.15) is 5.56 Å². The molecule has 194 valence electrons. The number of aliphatic carboxylic acids is 1. The summed E-state index contributed by atoms with van der Waals surface area (Å²) in [6.45, 7) is 0. The van der Waals surface area contributed by atoms with Crippen LogP contribution in [0.4, 0.5) is 16.2 Å². The van der Waals surface area contributed by atoms with E-state index in [2.05, 4.69) is 20.3 Å². The fraction of sp³-hybridized carbons (Fsp3) is 0.0741. The molecule has 0 aliphatic rings. The number of amides is 2. The lowest BCUT2D eigenvalue weighted by molar-refractivity contribution is -0.138. The third-order valence-electron chi connectivity index (χ3n) is 5.51. The van der Waals surface area contributed by atoms with Crippen molar-refractivity contribution in [2.45, 2.75) is 17.4 Å². The first-order valence-corrected chi connectivity index (χ1v) is 13.2. The molecule has 0 fully saturated rings. The van der Waals surface area contributed by atoms with Crippen LogP contribution in [0.2, 0.25) is 5.02 Å². The lowest BCUT2D eigenvalue weighted by Gasteiger charge is -2.16. The second-order valence-corrected chi connectivity index (χ2v) is 10.3. The zero-order valence-corrected chi connectivity index (χ0v) is 21.4. The van der Waals surface area contributed by atoms with Crippen LogP contribution in [-0.4, -0.2) is 36.6 Å². The van der Waals surface area contributed by atoms with Gasteiger partial charge in [0.05, 0.1) is 5.02 Å². The van der Waals surface area contributed by atoms with Crippen LogP contribution in [0.3, 0.4) is 0 Å². The van der Waals surface area contributed by atoms with Gasteiger partial charge in [0.25, 0.3) is 0 Å². The highest BCUT2D eigenvalue weighted by Crippen LogP contribution is 2.24. The number of halogens is 1. The molecule has 9 nitrogen and oxygen atoms in total. The van der Waals surface area contributed by atoms with Crippen molar-refractivity contribution in [3.05, 3.63) is 108 Å². The van der Waals surface area contributed by atoms with Crippen LogP contribution >= 0.6 is 11.6 Å². The average Bonchev–Trinajstić information content (AvgIpc) is 2.89. The van der Waals surface area contributed by atoms with Crippen molar-refractivity contribution >= 4 is 45.0 Å². The van der Waals surface area contributed by atoms with Crippen LogP contribution in [0.15, 0.2) is 102 Å². The molecule has 0 radical (unpaired) electrons. The molecule has 1 atom stereocenters. The molecule has 0 unspecified atom stereocenters. The number of pyridine rings is 1. The normalized spacial score (nSPS) is 11.9. The van der Waals surface area contributed by atoms with Crippen LogP contribution in [0.5, 0.6) is 0 Å². The molecule has 38 heavy (non-hydrogen) atoms. The highest BCUT2D eigenvalue weighted by molar-refractivity contribution is 7.89. The Balaban J connectivity index is 1.44. The second kappa shape index (κ2) is 11.9. The van der Waals surface area contributed by atoms with Crippen molar-refractivity contribution < 1.29 is 23.1 Å². The molecule has 2 amide bonds. The first-order chi connectivity index (χ1) is 18.2. The Morgan fingerprint density at radius 1 is 0.842 bits per heavy atom. The van der Waals surface area contributed by atoms with E-state index >= 15 is 0 Å². The van der Waals surface area contributed by atoms with Gasteiger partial charge in [-0.15, -0.1) is 0 Å². The van der Waals surface area contributed by atoms with Crippen LogP contribution < -0.4 is 15.4 Å². The topological polar surface area (TPSA) is 137 Å². The van der Waals surface area contributed by atoms with E-state index in [0.29, 0.717) is 16.9 Å². The number of rotatable bonds is 9. The van der Waals surface area contributed by atoms with Crippen molar-refractivity contribution in [2.75, 3.05) is 10.6 Å². The number of hydrogen-bond acceptors (Lipinski definition) is 5. The van der Waals surface area contributed by atoms with Gasteiger partial charge in [0, 0.05) is 23.8 Å². The highest BCUT2D eigenvalue weighted by Gasteiger charge is 2.27. The summed E-state index contributed by atoms with van der Waals surface area (Å²) in [4.78, 5) is 27.8. The minimum atomic E-state index is -4.15. The molecule has 4 N–H and O–H groups in total. The van der Waals surface area contributed by atoms with Crippen molar-refractivity contribution in [3.63, 3.8) is 0 Å². The Labute approximate surface area is 224 Å². The molecule has 1 aromatic heterocycles. The molecule has 0 saturated carbocycles. The molecular weight excluding hydrogens is 528 g/mol. The van der Waals surface area contributed by atoms with Crippen molar-refractivity contribution in [3.8, 4) is 11.1 Å². The average molecular weight is 551 g/mol. The van der Waals surface area contributed by atoms with E-state index in [1.54, 1.807) is 73.1 Å². The Kier molecular flexibility index (Phi) is 8.37. The quantitative estimate of drug-likeness (QED) is 0.231. The lowest BCUT2D eigenvalue weighted by Crippen LogP contribution is -2.42. The molecule has 0 saturated heterocycles. The molecule has 1 heterocycles. The van der Waals surface area contributed by atoms with E-state index in [4.69, 9.17) is 11.6 Å². The van der Waals surface area contributed by atoms with Crippen molar-refractivity contribution in [1.29, 1.82) is 0 Å². The van der Waals surface area contributed by atoms with Crippen LogP contribution in [-0.2, 0) is 21.2 Å². The van der Waals surface area contributed by atoms with Gasteiger partial charge in [-0.3, -0.25) is 9.78 Å². The highest BCUT2D eigenvalue weighted by atomic mass is 35.5. The van der Waals surface area contributed by atoms with Crippen LogP contribution in [0, 0.1) is 0 Å². The first kappa shape index (κ1) is 26.8. The number of urea groups is 1. The zero-order valence-electron chi connectivity index (χ0n) is 19.8.